The van der Waals surface area contributed by atoms with Crippen molar-refractivity contribution < 1.29 is 116 Å². The van der Waals surface area contributed by atoms with Gasteiger partial charge in [-0.2, -0.15) is 0 Å². The van der Waals surface area contributed by atoms with Gasteiger partial charge in [0.15, 0.2) is 5.96 Å². The first-order valence-electron chi connectivity index (χ1n) is 42.5. The predicted molar refractivity (Wildman–Crippen MR) is 454 cm³/mol. The van der Waals surface area contributed by atoms with Gasteiger partial charge in [-0.1, -0.05) is 76.2 Å². The molecular formula is C82H117N23O24. The number of aliphatic hydroxyl groups is 1. The molecule has 14 unspecified atom stereocenters. The van der Waals surface area contributed by atoms with Gasteiger partial charge in [0.1, 0.15) is 84.6 Å². The van der Waals surface area contributed by atoms with Gasteiger partial charge in [-0.05, 0) is 106 Å². The second-order valence-corrected chi connectivity index (χ2v) is 32.7. The molecule has 0 spiro atoms. The van der Waals surface area contributed by atoms with Crippen molar-refractivity contribution in [1.82, 2.24) is 94.1 Å². The monoisotopic (exact) mass is 1810 g/mol. The number of carbonyl (C=O) groups is 21. The smallest absolute Gasteiger partial charge is 0.305 e. The summed E-state index contributed by atoms with van der Waals surface area (Å²) in [5, 5.41) is 71.4. The van der Waals surface area contributed by atoms with E-state index in [9.17, 15) is 106 Å². The van der Waals surface area contributed by atoms with Gasteiger partial charge in [0.05, 0.1) is 32.5 Å². The molecule has 0 bridgehead atoms. The standard InChI is InChI=1S/C82H117N23O24/c1-41(2)32-51(68(85)116)98-71(119)47(18-10-28-88-82(86)87)95-77(125)59-21-13-31-105(59)81(129)67(42(3)4)102-75(123)52(33-43-14-6-5-7-15-43)100-78(126)58-20-11-29-103(58)79(127)50(23-26-61(84)108)97-73(121)49(22-25-60(83)107)96-76(124)57-19-12-30-104(57)80(128)55(34-44-37-89-46-17-9-8-16-45(44)46)94-64(111)39-90-69(117)53(35-65(112)113)93-63(110)38-91-70(118)56(40-106)101-74(122)54(36-66(114)115)99-72(120)48-24-27-62(109)92-48/h5-9,14-17,37,41-42,47-59,67,89,106H,10-13,18-36,38-40H2,1-4H3,(H2,83,107)(H2,84,108)(H2,85,116)(H,90,117)(H,91,118)(H,92,109)(H,93,110)(H,94,111)(H,95,125)(H,96,124)(H,97,121)(H,98,119)(H,99,120)(H,100,126)(H,101,122)(H,102,123)(H,112,113)(H,114,115)(H4,86,87,88). The minimum Gasteiger partial charge on any atom is -0.481 e. The highest BCUT2D eigenvalue weighted by Crippen LogP contribution is 2.27. The molecule has 129 heavy (non-hydrogen) atoms. The number of carboxylic acid groups (broad SMARTS) is 2. The molecule has 4 aliphatic heterocycles. The highest BCUT2D eigenvalue weighted by molar-refractivity contribution is 6.02. The molecule has 47 nitrogen and oxygen atoms in total. The molecule has 3 aromatic rings. The zero-order valence-electron chi connectivity index (χ0n) is 72.0. The van der Waals surface area contributed by atoms with Crippen molar-refractivity contribution in [3.05, 3.63) is 71.9 Å². The fourth-order valence-corrected chi connectivity index (χ4v) is 15.4. The van der Waals surface area contributed by atoms with Crippen LogP contribution in [0.15, 0.2) is 60.8 Å². The molecular weight excluding hydrogens is 1690 g/mol. The van der Waals surface area contributed by atoms with E-state index in [2.05, 4.69) is 74.1 Å². The molecule has 27 N–H and O–H groups in total. The Balaban J connectivity index is 1.02. The van der Waals surface area contributed by atoms with Gasteiger partial charge in [-0.25, -0.2) is 0 Å². The van der Waals surface area contributed by atoms with Gasteiger partial charge < -0.3 is 132 Å². The van der Waals surface area contributed by atoms with E-state index in [4.69, 9.17) is 28.3 Å². The Morgan fingerprint density at radius 3 is 1.44 bits per heavy atom. The largest absolute Gasteiger partial charge is 0.481 e. The third kappa shape index (κ3) is 31.3. The molecule has 5 heterocycles. The number of aliphatic carboxylic acids is 2. The van der Waals surface area contributed by atoms with Crippen LogP contribution < -0.4 is 97.4 Å². The van der Waals surface area contributed by atoms with Crippen LogP contribution in [-0.2, 0) is 114 Å². The lowest BCUT2D eigenvalue weighted by molar-refractivity contribution is -0.144. The third-order valence-corrected chi connectivity index (χ3v) is 22.0. The Morgan fingerprint density at radius 1 is 0.481 bits per heavy atom. The summed E-state index contributed by atoms with van der Waals surface area (Å²) in [6.45, 7) is 3.75. The summed E-state index contributed by atoms with van der Waals surface area (Å²) in [5.74, 6) is -22.0. The van der Waals surface area contributed by atoms with Crippen LogP contribution in [0.25, 0.3) is 10.9 Å². The minimum absolute atomic E-state index is 0.00350. The maximum Gasteiger partial charge on any atom is 0.305 e. The van der Waals surface area contributed by atoms with Gasteiger partial charge >= 0.3 is 11.9 Å². The average Bonchev–Trinajstić information content (AvgIpc) is 1.75. The summed E-state index contributed by atoms with van der Waals surface area (Å²) < 4.78 is 0. The number of H-pyrrole nitrogens is 1. The van der Waals surface area contributed by atoms with Gasteiger partial charge in [-0.3, -0.25) is 106 Å². The molecule has 1 aromatic heterocycles. The first-order valence-corrected chi connectivity index (χ1v) is 42.5. The van der Waals surface area contributed by atoms with Crippen LogP contribution in [0.1, 0.15) is 148 Å². The number of guanidine groups is 1. The van der Waals surface area contributed by atoms with Crippen molar-refractivity contribution in [3.63, 3.8) is 0 Å². The van der Waals surface area contributed by atoms with Crippen LogP contribution in [0.5, 0.6) is 0 Å². The predicted octanol–water partition coefficient (Wildman–Crippen LogP) is -7.79. The van der Waals surface area contributed by atoms with Crippen LogP contribution in [0, 0.1) is 17.2 Å². The van der Waals surface area contributed by atoms with E-state index < -0.39 is 273 Å². The normalized spacial score (nSPS) is 18.2. The third-order valence-electron chi connectivity index (χ3n) is 22.0. The van der Waals surface area contributed by atoms with Crippen molar-refractivity contribution in [3.8, 4) is 0 Å². The van der Waals surface area contributed by atoms with Crippen molar-refractivity contribution in [1.29, 1.82) is 5.41 Å². The second kappa shape index (κ2) is 49.3. The number of amides is 19. The van der Waals surface area contributed by atoms with Gasteiger partial charge in [0, 0.05) is 75.4 Å². The number of nitrogens with zero attached hydrogens (tertiary/aromatic N) is 3. The quantitative estimate of drug-likeness (QED) is 0.0142. The summed E-state index contributed by atoms with van der Waals surface area (Å²) in [5.41, 5.74) is 23.9. The topological polar surface area (TPSA) is 741 Å². The molecule has 0 radical (unpaired) electrons. The van der Waals surface area contributed by atoms with Gasteiger partial charge in [0.25, 0.3) is 0 Å². The van der Waals surface area contributed by atoms with Crippen LogP contribution in [0.3, 0.4) is 0 Å². The van der Waals surface area contributed by atoms with Crippen molar-refractivity contribution in [2.45, 2.75) is 234 Å². The fourth-order valence-electron chi connectivity index (χ4n) is 15.4. The fraction of sp³-hybridized carbons (Fsp3) is 0.561. The number of hydrogen-bond acceptors (Lipinski definition) is 23. The van der Waals surface area contributed by atoms with Crippen LogP contribution in [0.2, 0.25) is 0 Å². The molecule has 4 fully saturated rings. The van der Waals surface area contributed by atoms with E-state index >= 15 is 9.59 Å². The Kier molecular flexibility index (Phi) is 39.0. The molecule has 7 rings (SSSR count). The molecule has 2 aromatic carbocycles. The Morgan fingerprint density at radius 2 is 0.938 bits per heavy atom. The number of hydrogen-bond donors (Lipinski definition) is 23. The first kappa shape index (κ1) is 102. The summed E-state index contributed by atoms with van der Waals surface area (Å²) in [7, 11) is 0. The Bertz CT molecular complexity index is 4640. The lowest BCUT2D eigenvalue weighted by Gasteiger charge is -2.33. The van der Waals surface area contributed by atoms with E-state index in [1.807, 2.05) is 19.2 Å². The number of aromatic nitrogens is 1. The first-order chi connectivity index (χ1) is 61.1. The number of rotatable bonds is 50. The van der Waals surface area contributed by atoms with E-state index in [1.165, 1.54) is 4.90 Å². The molecule has 14 atom stereocenters. The lowest BCUT2D eigenvalue weighted by Crippen LogP contribution is -2.61. The van der Waals surface area contributed by atoms with Crippen LogP contribution in [-0.4, -0.2) is 296 Å². The Hall–Kier alpha value is -13.9. The molecule has 4 saturated heterocycles. The average molecular weight is 1810 g/mol. The summed E-state index contributed by atoms with van der Waals surface area (Å²) in [4.78, 5) is 291. The molecule has 19 amide bonds. The van der Waals surface area contributed by atoms with E-state index in [0.717, 1.165) is 9.80 Å². The van der Waals surface area contributed by atoms with Crippen molar-refractivity contribution in [2.75, 3.05) is 45.9 Å². The summed E-state index contributed by atoms with van der Waals surface area (Å²) >= 11 is 0. The number of carboxylic acids is 2. The number of benzene rings is 2. The molecule has 0 saturated carbocycles. The van der Waals surface area contributed by atoms with Gasteiger partial charge in [0.2, 0.25) is 112 Å². The number of aliphatic hydroxyl groups excluding tert-OH is 1. The SMILES string of the molecule is CC(C)CC(NC(=O)C(CCCNC(=N)N)NC(=O)C1CCCN1C(=O)C(NC(=O)C(Cc1ccccc1)NC(=O)C1CCCN1C(=O)C(CCC(N)=O)NC(=O)C(CCC(N)=O)NC(=O)C1CCCN1C(=O)C(Cc1c[nH]c2ccccc12)NC(=O)CNC(=O)C(CC(=O)O)NC(=O)CNC(=O)C(CO)NC(=O)C(CC(=O)O)NC(=O)C1CCC(=O)N1)C(C)C)C(N)=O. The Labute approximate surface area is 740 Å². The van der Waals surface area contributed by atoms with E-state index in [0.29, 0.717) is 28.5 Å². The van der Waals surface area contributed by atoms with E-state index in [1.54, 1.807) is 74.6 Å². The number of nitrogens with one attached hydrogen (secondary N) is 16. The number of likely N-dealkylation sites (tertiary alicyclic amines) is 3. The number of aromatic amines is 1. The highest BCUT2D eigenvalue weighted by Gasteiger charge is 2.46. The highest BCUT2D eigenvalue weighted by atomic mass is 16.4. The zero-order chi connectivity index (χ0) is 95.0. The molecule has 704 valence electrons. The number of carbonyl (C=O) groups excluding carboxylic acids is 19. The second-order valence-electron chi connectivity index (χ2n) is 32.7. The maximum absolute atomic E-state index is 15.1. The minimum atomic E-state index is -1.96. The zero-order valence-corrected chi connectivity index (χ0v) is 72.0. The van der Waals surface area contributed by atoms with Crippen molar-refractivity contribution >= 4 is 141 Å². The van der Waals surface area contributed by atoms with E-state index in [-0.39, 0.29) is 115 Å². The molecule has 0 aliphatic carbocycles. The lowest BCUT2D eigenvalue weighted by atomic mass is 9.99. The van der Waals surface area contributed by atoms with Gasteiger partial charge in [-0.15, -0.1) is 0 Å². The molecule has 47 heteroatoms. The number of primary amides is 3. The van der Waals surface area contributed by atoms with Crippen LogP contribution in [0.4, 0.5) is 0 Å². The van der Waals surface area contributed by atoms with Crippen LogP contribution >= 0.6 is 0 Å². The van der Waals surface area contributed by atoms with Crippen molar-refractivity contribution in [2.24, 2.45) is 34.8 Å². The molecule has 4 aliphatic rings. The maximum atomic E-state index is 15.1. The summed E-state index contributed by atoms with van der Waals surface area (Å²) in [6, 6.07) is -5.41. The summed E-state index contributed by atoms with van der Waals surface area (Å²) in [6.07, 6.45) is -1.82. The number of nitrogens with two attached hydrogens (primary N) is 4. The number of fused-ring (bicyclic) bond motifs is 1. The number of para-hydroxylation sites is 1.